The monoisotopic (exact) mass is 197 g/mol. The van der Waals surface area contributed by atoms with Crippen molar-refractivity contribution in [1.29, 1.82) is 0 Å². The van der Waals surface area contributed by atoms with Crippen molar-refractivity contribution in [2.24, 2.45) is 0 Å². The molecule has 3 nitrogen and oxygen atoms in total. The molecule has 81 valence electrons. The zero-order valence-electron chi connectivity index (χ0n) is 8.93. The number of hydrazine groups is 1. The maximum Gasteiger partial charge on any atom is 0.327 e. The van der Waals surface area contributed by atoms with Crippen LogP contribution in [-0.4, -0.2) is 24.5 Å². The summed E-state index contributed by atoms with van der Waals surface area (Å²) in [5.41, 5.74) is 3.10. The van der Waals surface area contributed by atoms with E-state index in [-0.39, 0.29) is 0 Å². The van der Waals surface area contributed by atoms with Crippen molar-refractivity contribution in [2.75, 3.05) is 13.1 Å². The van der Waals surface area contributed by atoms with Crippen LogP contribution in [0.15, 0.2) is 0 Å². The van der Waals surface area contributed by atoms with Gasteiger partial charge in [-0.2, -0.15) is 0 Å². The first-order chi connectivity index (χ1) is 6.93. The minimum atomic E-state index is 0.809. The molecule has 1 fully saturated rings. The van der Waals surface area contributed by atoms with E-state index in [9.17, 15) is 4.79 Å². The molecule has 1 aliphatic rings. The third kappa shape index (κ3) is 5.22. The minimum Gasteiger partial charge on any atom is -0.270 e. The second-order valence-electron chi connectivity index (χ2n) is 3.98. The Morgan fingerprint density at radius 2 is 1.43 bits per heavy atom. The molecule has 1 radical (unpaired) electrons. The summed E-state index contributed by atoms with van der Waals surface area (Å²) in [6.45, 7) is 1.72. The number of carbonyl (C=O) groups excluding carboxylic acids is 1. The highest BCUT2D eigenvalue weighted by Gasteiger charge is 2.02. The number of hydrogen-bond acceptors (Lipinski definition) is 2. The largest absolute Gasteiger partial charge is 0.327 e. The van der Waals surface area contributed by atoms with Gasteiger partial charge in [0.15, 0.2) is 0 Å². The Bertz CT molecular complexity index is 138. The van der Waals surface area contributed by atoms with E-state index in [0.717, 1.165) is 25.9 Å². The van der Waals surface area contributed by atoms with Gasteiger partial charge in [0, 0.05) is 13.1 Å². The standard InChI is InChI=1S/C11H21N2O/c14-11-13-10-8-6-4-2-1-3-5-7-9-12-13/h12H,1-10H2. The van der Waals surface area contributed by atoms with E-state index in [0.29, 0.717) is 0 Å². The van der Waals surface area contributed by atoms with Crippen LogP contribution in [0.1, 0.15) is 51.4 Å². The molecule has 0 unspecified atom stereocenters. The van der Waals surface area contributed by atoms with E-state index < -0.39 is 0 Å². The Kier molecular flexibility index (Phi) is 6.41. The Balaban J connectivity index is 2.20. The molecule has 1 heterocycles. The quantitative estimate of drug-likeness (QED) is 0.697. The third-order valence-electron chi connectivity index (χ3n) is 2.72. The lowest BCUT2D eigenvalue weighted by atomic mass is 10.1. The molecule has 0 aliphatic carbocycles. The average Bonchev–Trinajstić information content (AvgIpc) is 2.19. The summed E-state index contributed by atoms with van der Waals surface area (Å²) in [5, 5.41) is 1.57. The van der Waals surface area contributed by atoms with Gasteiger partial charge < -0.3 is 0 Å². The average molecular weight is 197 g/mol. The van der Waals surface area contributed by atoms with Crippen LogP contribution in [0, 0.1) is 0 Å². The van der Waals surface area contributed by atoms with Gasteiger partial charge in [0.1, 0.15) is 0 Å². The van der Waals surface area contributed by atoms with Crippen LogP contribution in [0.25, 0.3) is 0 Å². The molecule has 0 saturated carbocycles. The lowest BCUT2D eigenvalue weighted by Crippen LogP contribution is -2.38. The van der Waals surface area contributed by atoms with Crippen molar-refractivity contribution in [3.05, 3.63) is 0 Å². The van der Waals surface area contributed by atoms with Crippen LogP contribution in [-0.2, 0) is 4.79 Å². The summed E-state index contributed by atoms with van der Waals surface area (Å²) in [6, 6.07) is 0. The van der Waals surface area contributed by atoms with Gasteiger partial charge in [-0.3, -0.25) is 9.80 Å². The summed E-state index contributed by atoms with van der Waals surface area (Å²) in [7, 11) is 0. The van der Waals surface area contributed by atoms with Crippen molar-refractivity contribution in [3.63, 3.8) is 0 Å². The lowest BCUT2D eigenvalue weighted by molar-refractivity contribution is 0.275. The van der Waals surface area contributed by atoms with Crippen LogP contribution in [0.5, 0.6) is 0 Å². The summed E-state index contributed by atoms with van der Waals surface area (Å²) in [5.74, 6) is 0. The van der Waals surface area contributed by atoms with Gasteiger partial charge in [0.05, 0.1) is 0 Å². The summed E-state index contributed by atoms with van der Waals surface area (Å²) < 4.78 is 0. The van der Waals surface area contributed by atoms with E-state index in [1.807, 2.05) is 6.41 Å². The van der Waals surface area contributed by atoms with E-state index in [2.05, 4.69) is 5.43 Å². The molecular weight excluding hydrogens is 176 g/mol. The lowest BCUT2D eigenvalue weighted by Gasteiger charge is -2.18. The van der Waals surface area contributed by atoms with E-state index >= 15 is 0 Å². The van der Waals surface area contributed by atoms with Crippen LogP contribution in [0.2, 0.25) is 0 Å². The van der Waals surface area contributed by atoms with Crippen molar-refractivity contribution >= 4 is 6.41 Å². The zero-order valence-corrected chi connectivity index (χ0v) is 8.93. The van der Waals surface area contributed by atoms with Gasteiger partial charge in [-0.15, -0.1) is 0 Å². The molecular formula is C11H21N2O. The molecule has 0 aromatic rings. The highest BCUT2D eigenvalue weighted by Crippen LogP contribution is 2.09. The van der Waals surface area contributed by atoms with E-state index in [4.69, 9.17) is 0 Å². The van der Waals surface area contributed by atoms with E-state index in [1.165, 1.54) is 38.5 Å². The van der Waals surface area contributed by atoms with Gasteiger partial charge >= 0.3 is 6.41 Å². The van der Waals surface area contributed by atoms with Crippen LogP contribution < -0.4 is 5.43 Å². The van der Waals surface area contributed by atoms with Crippen LogP contribution in [0.4, 0.5) is 0 Å². The molecule has 0 atom stereocenters. The molecule has 0 bridgehead atoms. The topological polar surface area (TPSA) is 32.3 Å². The predicted molar refractivity (Wildman–Crippen MR) is 57.3 cm³/mol. The first-order valence-corrected chi connectivity index (χ1v) is 5.82. The van der Waals surface area contributed by atoms with Crippen molar-refractivity contribution < 1.29 is 4.79 Å². The van der Waals surface area contributed by atoms with Gasteiger partial charge in [0.25, 0.3) is 0 Å². The van der Waals surface area contributed by atoms with Crippen LogP contribution >= 0.6 is 0 Å². The number of rotatable bonds is 1. The minimum absolute atomic E-state index is 0.809. The molecule has 1 saturated heterocycles. The highest BCUT2D eigenvalue weighted by molar-refractivity contribution is 5.46. The second-order valence-corrected chi connectivity index (χ2v) is 3.98. The SMILES string of the molecule is O=[C]N1CCCCCCCCCCN1. The molecule has 0 aromatic carbocycles. The fourth-order valence-electron chi connectivity index (χ4n) is 1.83. The Morgan fingerprint density at radius 3 is 2.07 bits per heavy atom. The Morgan fingerprint density at radius 1 is 0.857 bits per heavy atom. The van der Waals surface area contributed by atoms with Crippen LogP contribution in [0.3, 0.4) is 0 Å². The van der Waals surface area contributed by atoms with E-state index in [1.54, 1.807) is 5.01 Å². The summed E-state index contributed by atoms with van der Waals surface area (Å²) in [6.07, 6.45) is 12.1. The second kappa shape index (κ2) is 7.80. The van der Waals surface area contributed by atoms with Gasteiger partial charge in [-0.05, 0) is 12.8 Å². The fourth-order valence-corrected chi connectivity index (χ4v) is 1.83. The molecule has 0 aromatic heterocycles. The molecule has 1 amide bonds. The predicted octanol–water partition coefficient (Wildman–Crippen LogP) is 1.99. The highest BCUT2D eigenvalue weighted by atomic mass is 16.1. The van der Waals surface area contributed by atoms with Gasteiger partial charge in [-0.25, -0.2) is 5.43 Å². The Labute approximate surface area is 86.8 Å². The van der Waals surface area contributed by atoms with Crippen molar-refractivity contribution in [2.45, 2.75) is 51.4 Å². The fraction of sp³-hybridized carbons (Fsp3) is 0.909. The normalized spacial score (nSPS) is 22.1. The molecule has 14 heavy (non-hydrogen) atoms. The summed E-state index contributed by atoms with van der Waals surface area (Å²) in [4.78, 5) is 10.5. The first-order valence-electron chi connectivity index (χ1n) is 5.82. The number of amides is 1. The molecule has 1 aliphatic heterocycles. The zero-order chi connectivity index (χ0) is 10.1. The van der Waals surface area contributed by atoms with Gasteiger partial charge in [0.2, 0.25) is 0 Å². The molecule has 0 spiro atoms. The molecule has 1 rings (SSSR count). The number of hydrogen-bond donors (Lipinski definition) is 1. The van der Waals surface area contributed by atoms with Crippen molar-refractivity contribution in [3.8, 4) is 0 Å². The maximum atomic E-state index is 10.5. The third-order valence-corrected chi connectivity index (χ3v) is 2.72. The number of nitrogens with zero attached hydrogens (tertiary/aromatic N) is 1. The first kappa shape index (κ1) is 11.5. The Hall–Kier alpha value is -0.570. The molecule has 3 heteroatoms. The van der Waals surface area contributed by atoms with Crippen molar-refractivity contribution in [1.82, 2.24) is 10.4 Å². The number of nitrogens with one attached hydrogen (secondary N) is 1. The smallest absolute Gasteiger partial charge is 0.270 e. The molecule has 1 N–H and O–H groups in total. The van der Waals surface area contributed by atoms with Gasteiger partial charge in [-0.1, -0.05) is 38.5 Å². The summed E-state index contributed by atoms with van der Waals surface area (Å²) >= 11 is 0. The maximum absolute atomic E-state index is 10.5.